The number of fused-ring (bicyclic) bond motifs is 1. The molecule has 3 aromatic carbocycles. The summed E-state index contributed by atoms with van der Waals surface area (Å²) >= 11 is 0. The van der Waals surface area contributed by atoms with Gasteiger partial charge in [-0.15, -0.1) is 0 Å². The van der Waals surface area contributed by atoms with Gasteiger partial charge in [-0.3, -0.25) is 4.79 Å². The Balaban J connectivity index is 0.00000124. The van der Waals surface area contributed by atoms with Gasteiger partial charge in [0, 0.05) is 17.5 Å². The monoisotopic (exact) mass is 401 g/mol. The molecule has 1 aliphatic rings. The van der Waals surface area contributed by atoms with Crippen molar-refractivity contribution in [3.8, 4) is 5.75 Å². The predicted octanol–water partition coefficient (Wildman–Crippen LogP) is 5.92. The zero-order valence-electron chi connectivity index (χ0n) is 17.7. The van der Waals surface area contributed by atoms with Gasteiger partial charge in [0.15, 0.2) is 5.78 Å². The SMILES string of the molecule is CN.O=C1CCCc2c(OC(CCCc3ccccc3)c3ccccc3)cccc21. The first kappa shape index (κ1) is 21.8. The van der Waals surface area contributed by atoms with Gasteiger partial charge in [0.2, 0.25) is 0 Å². The lowest BCUT2D eigenvalue weighted by atomic mass is 9.90. The Labute approximate surface area is 179 Å². The first-order chi connectivity index (χ1) is 14.8. The first-order valence-electron chi connectivity index (χ1n) is 10.8. The van der Waals surface area contributed by atoms with E-state index < -0.39 is 0 Å². The molecule has 0 fully saturated rings. The van der Waals surface area contributed by atoms with E-state index in [2.05, 4.69) is 60.3 Å². The summed E-state index contributed by atoms with van der Waals surface area (Å²) in [6.45, 7) is 0. The van der Waals surface area contributed by atoms with Gasteiger partial charge in [-0.05, 0) is 56.3 Å². The molecule has 2 N–H and O–H groups in total. The second kappa shape index (κ2) is 11.3. The normalized spacial score (nSPS) is 13.6. The Morgan fingerprint density at radius 1 is 0.867 bits per heavy atom. The maximum atomic E-state index is 12.3. The fourth-order valence-corrected chi connectivity index (χ4v) is 4.01. The van der Waals surface area contributed by atoms with E-state index in [0.717, 1.165) is 49.0 Å². The third kappa shape index (κ3) is 5.58. The van der Waals surface area contributed by atoms with Gasteiger partial charge in [0.1, 0.15) is 11.9 Å². The molecule has 0 heterocycles. The average molecular weight is 402 g/mol. The van der Waals surface area contributed by atoms with Crippen molar-refractivity contribution in [1.82, 2.24) is 0 Å². The van der Waals surface area contributed by atoms with Crippen molar-refractivity contribution in [2.24, 2.45) is 5.73 Å². The summed E-state index contributed by atoms with van der Waals surface area (Å²) in [6.07, 6.45) is 5.51. The van der Waals surface area contributed by atoms with Gasteiger partial charge in [-0.2, -0.15) is 0 Å². The van der Waals surface area contributed by atoms with Crippen LogP contribution in [0.25, 0.3) is 0 Å². The van der Waals surface area contributed by atoms with E-state index in [4.69, 9.17) is 4.74 Å². The number of rotatable bonds is 7. The Bertz CT molecular complexity index is 922. The molecule has 0 aromatic heterocycles. The molecule has 3 heteroatoms. The number of aryl methyl sites for hydroxylation is 1. The van der Waals surface area contributed by atoms with Crippen molar-refractivity contribution in [3.05, 3.63) is 101 Å². The van der Waals surface area contributed by atoms with Crippen LogP contribution < -0.4 is 10.5 Å². The minimum atomic E-state index is -0.00607. The molecule has 0 radical (unpaired) electrons. The van der Waals surface area contributed by atoms with E-state index in [1.807, 2.05) is 24.3 Å². The van der Waals surface area contributed by atoms with Crippen molar-refractivity contribution in [3.63, 3.8) is 0 Å². The van der Waals surface area contributed by atoms with E-state index in [1.54, 1.807) is 0 Å². The Kier molecular flexibility index (Phi) is 8.22. The van der Waals surface area contributed by atoms with E-state index in [-0.39, 0.29) is 11.9 Å². The van der Waals surface area contributed by atoms with Crippen molar-refractivity contribution < 1.29 is 9.53 Å². The number of carbonyl (C=O) groups excluding carboxylic acids is 1. The fourth-order valence-electron chi connectivity index (χ4n) is 4.01. The van der Waals surface area contributed by atoms with Gasteiger partial charge in [-0.1, -0.05) is 72.8 Å². The van der Waals surface area contributed by atoms with Crippen LogP contribution in [0.1, 0.15) is 58.8 Å². The Hall–Kier alpha value is -2.91. The minimum absolute atomic E-state index is 0.00607. The van der Waals surface area contributed by atoms with E-state index in [9.17, 15) is 4.79 Å². The second-order valence-electron chi connectivity index (χ2n) is 7.45. The largest absolute Gasteiger partial charge is 0.485 e. The number of hydrogen-bond acceptors (Lipinski definition) is 3. The van der Waals surface area contributed by atoms with Crippen LogP contribution in [0.2, 0.25) is 0 Å². The van der Waals surface area contributed by atoms with Crippen LogP contribution in [0.5, 0.6) is 5.75 Å². The molecule has 3 nitrogen and oxygen atoms in total. The second-order valence-corrected chi connectivity index (χ2v) is 7.45. The smallest absolute Gasteiger partial charge is 0.163 e. The van der Waals surface area contributed by atoms with Crippen LogP contribution in [0.15, 0.2) is 78.9 Å². The highest BCUT2D eigenvalue weighted by molar-refractivity contribution is 5.99. The van der Waals surface area contributed by atoms with Gasteiger partial charge in [-0.25, -0.2) is 0 Å². The molecule has 1 unspecified atom stereocenters. The van der Waals surface area contributed by atoms with E-state index in [0.29, 0.717) is 6.42 Å². The third-order valence-electron chi connectivity index (χ3n) is 5.48. The molecule has 0 bridgehead atoms. The standard InChI is InChI=1S/C26H26O2.CH5N/c27-24-17-8-16-23-22(24)15-9-19-26(23)28-25(21-13-5-2-6-14-21)18-7-12-20-10-3-1-4-11-20;1-2/h1-6,9-11,13-15,19,25H,7-8,12,16-18H2;2H2,1H3. The summed E-state index contributed by atoms with van der Waals surface area (Å²) in [4.78, 5) is 12.3. The molecule has 3 aromatic rings. The summed E-state index contributed by atoms with van der Waals surface area (Å²) in [5.41, 5.74) is 8.98. The van der Waals surface area contributed by atoms with Crippen LogP contribution in [-0.4, -0.2) is 12.8 Å². The van der Waals surface area contributed by atoms with Crippen molar-refractivity contribution in [2.45, 2.75) is 44.6 Å². The first-order valence-corrected chi connectivity index (χ1v) is 10.8. The molecule has 0 aliphatic heterocycles. The number of Topliss-reactive ketones (excluding diaryl/α,β-unsaturated/α-hetero) is 1. The minimum Gasteiger partial charge on any atom is -0.485 e. The van der Waals surface area contributed by atoms with Crippen LogP contribution in [0.4, 0.5) is 0 Å². The average Bonchev–Trinajstić information content (AvgIpc) is 2.82. The molecule has 0 saturated heterocycles. The van der Waals surface area contributed by atoms with E-state index >= 15 is 0 Å². The van der Waals surface area contributed by atoms with Gasteiger partial charge < -0.3 is 10.5 Å². The lowest BCUT2D eigenvalue weighted by molar-refractivity contribution is 0.0970. The highest BCUT2D eigenvalue weighted by Gasteiger charge is 2.22. The number of benzene rings is 3. The van der Waals surface area contributed by atoms with Crippen LogP contribution in [0.3, 0.4) is 0 Å². The molecule has 1 aliphatic carbocycles. The molecule has 0 saturated carbocycles. The lowest BCUT2D eigenvalue weighted by Gasteiger charge is -2.24. The number of hydrogen-bond donors (Lipinski definition) is 1. The molecule has 156 valence electrons. The van der Waals surface area contributed by atoms with Crippen molar-refractivity contribution in [1.29, 1.82) is 0 Å². The Morgan fingerprint density at radius 2 is 1.57 bits per heavy atom. The number of ether oxygens (including phenoxy) is 1. The highest BCUT2D eigenvalue weighted by Crippen LogP contribution is 2.34. The third-order valence-corrected chi connectivity index (χ3v) is 5.48. The van der Waals surface area contributed by atoms with Gasteiger partial charge >= 0.3 is 0 Å². The van der Waals surface area contributed by atoms with Crippen LogP contribution in [0, 0.1) is 0 Å². The molecule has 0 amide bonds. The fraction of sp³-hybridized carbons (Fsp3) is 0.296. The van der Waals surface area contributed by atoms with E-state index in [1.165, 1.54) is 18.2 Å². The number of carbonyl (C=O) groups is 1. The molecular weight excluding hydrogens is 370 g/mol. The zero-order valence-corrected chi connectivity index (χ0v) is 17.7. The summed E-state index contributed by atoms with van der Waals surface area (Å²) < 4.78 is 6.53. The highest BCUT2D eigenvalue weighted by atomic mass is 16.5. The molecular formula is C27H31NO2. The van der Waals surface area contributed by atoms with Crippen LogP contribution in [-0.2, 0) is 12.8 Å². The maximum Gasteiger partial charge on any atom is 0.163 e. The molecule has 0 spiro atoms. The summed E-state index contributed by atoms with van der Waals surface area (Å²) in [6, 6.07) is 26.9. The quantitative estimate of drug-likeness (QED) is 0.534. The number of nitrogens with two attached hydrogens (primary N) is 1. The van der Waals surface area contributed by atoms with Gasteiger partial charge in [0.05, 0.1) is 0 Å². The summed E-state index contributed by atoms with van der Waals surface area (Å²) in [5, 5.41) is 0. The zero-order chi connectivity index (χ0) is 21.2. The Morgan fingerprint density at radius 3 is 2.30 bits per heavy atom. The molecule has 4 rings (SSSR count). The number of ketones is 1. The lowest BCUT2D eigenvalue weighted by Crippen LogP contribution is -2.15. The summed E-state index contributed by atoms with van der Waals surface area (Å²) in [7, 11) is 1.50. The maximum absolute atomic E-state index is 12.3. The predicted molar refractivity (Wildman–Crippen MR) is 123 cm³/mol. The van der Waals surface area contributed by atoms with Gasteiger partial charge in [0.25, 0.3) is 0 Å². The summed E-state index contributed by atoms with van der Waals surface area (Å²) in [5.74, 6) is 1.12. The molecule has 1 atom stereocenters. The van der Waals surface area contributed by atoms with Crippen molar-refractivity contribution in [2.75, 3.05) is 7.05 Å². The van der Waals surface area contributed by atoms with Crippen LogP contribution >= 0.6 is 0 Å². The molecule has 30 heavy (non-hydrogen) atoms. The topological polar surface area (TPSA) is 52.3 Å². The van der Waals surface area contributed by atoms with Crippen molar-refractivity contribution >= 4 is 5.78 Å².